The van der Waals surface area contributed by atoms with E-state index in [1.165, 1.54) is 19.3 Å². The predicted octanol–water partition coefficient (Wildman–Crippen LogP) is -3.26. The smallest absolute Gasteiger partial charge is 0.337 e. The minimum Gasteiger partial charge on any atom is -0.471 e. The quantitative estimate of drug-likeness (QED) is 0.200. The maximum Gasteiger partial charge on any atom is 0.337 e. The lowest BCUT2D eigenvalue weighted by molar-refractivity contribution is -0.346. The highest BCUT2D eigenvalue weighted by Gasteiger charge is 2.55. The molecule has 28 heavy (non-hydrogen) atoms. The predicted molar refractivity (Wildman–Crippen MR) is 88.0 cm³/mol. The topological polar surface area (TPSA) is 175 Å². The Bertz CT molecular complexity index is 647. The van der Waals surface area contributed by atoms with Gasteiger partial charge in [0.2, 0.25) is 6.29 Å². The second-order valence-electron chi connectivity index (χ2n) is 6.96. The van der Waals surface area contributed by atoms with Gasteiger partial charge in [0, 0.05) is 5.92 Å². The summed E-state index contributed by atoms with van der Waals surface area (Å²) < 4.78 is 21.0. The van der Waals surface area contributed by atoms with Crippen LogP contribution in [-0.4, -0.2) is 99.5 Å². The van der Waals surface area contributed by atoms with E-state index in [0.29, 0.717) is 0 Å². The van der Waals surface area contributed by atoms with Crippen LogP contribution in [0.15, 0.2) is 24.0 Å². The van der Waals surface area contributed by atoms with Crippen LogP contribution in [0.5, 0.6) is 0 Å². The van der Waals surface area contributed by atoms with E-state index in [4.69, 9.17) is 18.9 Å². The monoisotopic (exact) mass is 404 g/mol. The minimum absolute atomic E-state index is 0.0989. The average Bonchev–Trinajstić information content (AvgIpc) is 3.06. The van der Waals surface area contributed by atoms with E-state index in [-0.39, 0.29) is 5.57 Å². The van der Waals surface area contributed by atoms with Crippen molar-refractivity contribution in [2.45, 2.75) is 42.6 Å². The lowest BCUT2D eigenvalue weighted by atomic mass is 9.79. The summed E-state index contributed by atoms with van der Waals surface area (Å²) in [6.45, 7) is -1.34. The molecule has 11 heteroatoms. The summed E-state index contributed by atoms with van der Waals surface area (Å²) in [5.41, 5.74) is -1.70. The largest absolute Gasteiger partial charge is 0.471 e. The number of carbonyl (C=O) groups excluding carboxylic acids is 1. The minimum atomic E-state index is -1.79. The van der Waals surface area contributed by atoms with Gasteiger partial charge in [-0.05, 0) is 0 Å². The van der Waals surface area contributed by atoms with Gasteiger partial charge in [0.15, 0.2) is 6.29 Å². The normalized spacial score (nSPS) is 45.2. The van der Waals surface area contributed by atoms with Gasteiger partial charge in [0.05, 0.1) is 38.1 Å². The van der Waals surface area contributed by atoms with Gasteiger partial charge in [-0.15, -0.1) is 0 Å². The summed E-state index contributed by atoms with van der Waals surface area (Å²) >= 11 is 0. The molecule has 3 aliphatic rings. The van der Waals surface area contributed by atoms with Crippen molar-refractivity contribution in [1.82, 2.24) is 0 Å². The van der Waals surface area contributed by atoms with Gasteiger partial charge in [-0.3, -0.25) is 0 Å². The van der Waals surface area contributed by atoms with Crippen LogP contribution in [0, 0.1) is 11.8 Å². The summed E-state index contributed by atoms with van der Waals surface area (Å²) in [5.74, 6) is -2.40. The first kappa shape index (κ1) is 21.1. The first-order valence-electron chi connectivity index (χ1n) is 8.69. The maximum atomic E-state index is 12.0. The Balaban J connectivity index is 1.85. The van der Waals surface area contributed by atoms with E-state index >= 15 is 0 Å². The Morgan fingerprint density at radius 3 is 2.50 bits per heavy atom. The van der Waals surface area contributed by atoms with Crippen LogP contribution in [0.4, 0.5) is 0 Å². The zero-order chi connectivity index (χ0) is 20.6. The van der Waals surface area contributed by atoms with Gasteiger partial charge in [0.1, 0.15) is 30.0 Å². The molecule has 0 spiro atoms. The van der Waals surface area contributed by atoms with Gasteiger partial charge < -0.3 is 49.6 Å². The highest BCUT2D eigenvalue weighted by Crippen LogP contribution is 2.45. The molecule has 2 aliphatic heterocycles. The van der Waals surface area contributed by atoms with Crippen LogP contribution in [0.1, 0.15) is 0 Å². The molecule has 0 aromatic rings. The lowest BCUT2D eigenvalue weighted by Crippen LogP contribution is -2.61. The third-order valence-electron chi connectivity index (χ3n) is 5.33. The molecule has 158 valence electrons. The van der Waals surface area contributed by atoms with Crippen LogP contribution < -0.4 is 0 Å². The highest BCUT2D eigenvalue weighted by molar-refractivity contribution is 5.89. The zero-order valence-corrected chi connectivity index (χ0v) is 15.0. The fraction of sp³-hybridized carbons (Fsp3) is 0.706. The number of hydrogen-bond acceptors (Lipinski definition) is 11. The number of fused-ring (bicyclic) bond motifs is 1. The number of carbonyl (C=O) groups is 1. The van der Waals surface area contributed by atoms with E-state index in [2.05, 4.69) is 0 Å². The molecule has 2 heterocycles. The van der Waals surface area contributed by atoms with Crippen LogP contribution >= 0.6 is 0 Å². The van der Waals surface area contributed by atoms with Gasteiger partial charge in [-0.2, -0.15) is 0 Å². The lowest BCUT2D eigenvalue weighted by Gasteiger charge is -2.44. The SMILES string of the molecule is COC(=O)C1=CO[C@H](O[C@@H]2O[C@@H](CO)[C@@H](O)[C@@H](O)[C@@H]2O)[C@@H]2[C@@H]1C=C[C@@]2(O)CO. The van der Waals surface area contributed by atoms with Crippen molar-refractivity contribution >= 4 is 5.97 Å². The number of allylic oxidation sites excluding steroid dienone is 1. The Morgan fingerprint density at radius 1 is 1.18 bits per heavy atom. The maximum absolute atomic E-state index is 12.0. The molecule has 0 radical (unpaired) electrons. The van der Waals surface area contributed by atoms with E-state index in [0.717, 1.165) is 6.26 Å². The molecule has 1 aliphatic carbocycles. The number of esters is 1. The molecular weight excluding hydrogens is 380 g/mol. The molecule has 3 rings (SSSR count). The Kier molecular flexibility index (Phi) is 6.08. The van der Waals surface area contributed by atoms with Crippen molar-refractivity contribution in [2.75, 3.05) is 20.3 Å². The van der Waals surface area contributed by atoms with Crippen molar-refractivity contribution in [3.8, 4) is 0 Å². The van der Waals surface area contributed by atoms with Crippen molar-refractivity contribution in [3.63, 3.8) is 0 Å². The number of aliphatic hydroxyl groups excluding tert-OH is 5. The van der Waals surface area contributed by atoms with Crippen LogP contribution in [0.2, 0.25) is 0 Å². The van der Waals surface area contributed by atoms with E-state index in [1.807, 2.05) is 0 Å². The van der Waals surface area contributed by atoms with Gasteiger partial charge >= 0.3 is 5.97 Å². The number of aliphatic hydroxyl groups is 6. The summed E-state index contributed by atoms with van der Waals surface area (Å²) in [4.78, 5) is 12.0. The molecule has 0 aromatic heterocycles. The van der Waals surface area contributed by atoms with E-state index in [1.54, 1.807) is 0 Å². The van der Waals surface area contributed by atoms with Gasteiger partial charge in [-0.25, -0.2) is 4.79 Å². The molecule has 11 nitrogen and oxygen atoms in total. The Labute approximate surface area is 160 Å². The molecule has 0 bridgehead atoms. The van der Waals surface area contributed by atoms with Crippen LogP contribution in [0.3, 0.4) is 0 Å². The molecule has 9 atom stereocenters. The van der Waals surface area contributed by atoms with Crippen molar-refractivity contribution < 1.29 is 54.4 Å². The molecule has 0 unspecified atom stereocenters. The summed E-state index contributed by atoms with van der Waals surface area (Å²) in [6.07, 6.45) is -4.99. The van der Waals surface area contributed by atoms with E-state index in [9.17, 15) is 35.4 Å². The number of hydrogen-bond donors (Lipinski definition) is 6. The molecule has 0 saturated carbocycles. The molecule has 6 N–H and O–H groups in total. The number of ether oxygens (including phenoxy) is 4. The zero-order valence-electron chi connectivity index (χ0n) is 15.0. The summed E-state index contributed by atoms with van der Waals surface area (Å²) in [7, 11) is 1.19. The molecule has 0 amide bonds. The first-order valence-corrected chi connectivity index (χ1v) is 8.69. The standard InChI is InChI=1S/C17H24O11/c1-25-14(23)8-5-26-15(10-7(8)2-3-17(10,24)6-19)28-16-13(22)12(21)11(20)9(4-18)27-16/h2-3,5,7,9-13,15-16,18-22,24H,4,6H2,1H3/t7-,9+,10+,11-,12-,13+,15-,16+,17-/m1/s1. The Morgan fingerprint density at radius 2 is 1.89 bits per heavy atom. The molecule has 1 fully saturated rings. The van der Waals surface area contributed by atoms with Crippen LogP contribution in [-0.2, 0) is 23.7 Å². The molecule has 1 saturated heterocycles. The second kappa shape index (κ2) is 8.05. The Hall–Kier alpha value is -1.57. The summed E-state index contributed by atoms with van der Waals surface area (Å²) in [6, 6.07) is 0. The molecule has 0 aromatic carbocycles. The third-order valence-corrected chi connectivity index (χ3v) is 5.33. The number of rotatable bonds is 5. The fourth-order valence-electron chi connectivity index (χ4n) is 3.71. The highest BCUT2D eigenvalue weighted by atomic mass is 16.8. The van der Waals surface area contributed by atoms with Crippen LogP contribution in [0.25, 0.3) is 0 Å². The van der Waals surface area contributed by atoms with E-state index < -0.39 is 73.6 Å². The third kappa shape index (κ3) is 3.44. The second-order valence-corrected chi connectivity index (χ2v) is 6.96. The summed E-state index contributed by atoms with van der Waals surface area (Å²) in [5, 5.41) is 59.5. The van der Waals surface area contributed by atoms with Crippen molar-refractivity contribution in [3.05, 3.63) is 24.0 Å². The first-order chi connectivity index (χ1) is 13.3. The average molecular weight is 404 g/mol. The van der Waals surface area contributed by atoms with Crippen molar-refractivity contribution in [1.29, 1.82) is 0 Å². The van der Waals surface area contributed by atoms with Crippen molar-refractivity contribution in [2.24, 2.45) is 11.8 Å². The molecular formula is C17H24O11. The van der Waals surface area contributed by atoms with Gasteiger partial charge in [-0.1, -0.05) is 12.2 Å². The fourth-order valence-corrected chi connectivity index (χ4v) is 3.71. The van der Waals surface area contributed by atoms with Gasteiger partial charge in [0.25, 0.3) is 0 Å². The number of methoxy groups -OCH3 is 1.